The van der Waals surface area contributed by atoms with Crippen LogP contribution < -0.4 is 15.4 Å². The molecule has 1 unspecified atom stereocenters. The van der Waals surface area contributed by atoms with Gasteiger partial charge in [0.15, 0.2) is 0 Å². The average molecular weight is 419 g/mol. The maximum atomic E-state index is 12.8. The number of benzene rings is 1. The number of phenols is 1. The summed E-state index contributed by atoms with van der Waals surface area (Å²) in [7, 11) is 1.59. The molecule has 3 atom stereocenters. The molecule has 2 heterocycles. The van der Waals surface area contributed by atoms with Crippen LogP contribution in [0, 0.1) is 17.8 Å². The molecular formula is C23H36N3O4+. The van der Waals surface area contributed by atoms with Crippen LogP contribution in [0.5, 0.6) is 11.5 Å². The summed E-state index contributed by atoms with van der Waals surface area (Å²) < 4.78 is 5.17. The van der Waals surface area contributed by atoms with Crippen molar-refractivity contribution in [1.82, 2.24) is 4.90 Å². The van der Waals surface area contributed by atoms with Crippen LogP contribution in [0.1, 0.15) is 44.6 Å². The third-order valence-corrected chi connectivity index (χ3v) is 7.03. The van der Waals surface area contributed by atoms with Gasteiger partial charge in [-0.2, -0.15) is 0 Å². The first kappa shape index (κ1) is 22.4. The number of carbonyl (C=O) groups is 2. The number of ether oxygens (including phenoxy) is 1. The summed E-state index contributed by atoms with van der Waals surface area (Å²) in [5, 5.41) is 10.3. The number of aromatic hydroxyl groups is 1. The molecule has 2 amide bonds. The summed E-state index contributed by atoms with van der Waals surface area (Å²) in [6, 6.07) is 5.49. The Labute approximate surface area is 179 Å². The second-order valence-electron chi connectivity index (χ2n) is 8.85. The van der Waals surface area contributed by atoms with Gasteiger partial charge in [0, 0.05) is 49.4 Å². The predicted molar refractivity (Wildman–Crippen MR) is 114 cm³/mol. The third-order valence-electron chi connectivity index (χ3n) is 7.03. The molecule has 1 aromatic carbocycles. The number of carbonyl (C=O) groups excluding carboxylic acids is 2. The van der Waals surface area contributed by atoms with Crippen LogP contribution in [0.3, 0.4) is 0 Å². The lowest BCUT2D eigenvalue weighted by Gasteiger charge is -2.37. The van der Waals surface area contributed by atoms with Crippen molar-refractivity contribution in [2.45, 2.75) is 45.6 Å². The number of piperidine rings is 2. The standard InChI is InChI=1S/C23H35N3O4/c1-3-16-14-25(15-19-4-5-20(30-2)13-21(19)27)9-6-18(16)12-22(28)26-10-7-17(8-11-26)23(24)29/h4-5,13,16-18,27H,3,6-12,14-15H2,1-2H3,(H2,24,29)/p+1/t16-,18-/m0/s1. The number of phenolic OH excluding ortho intramolecular Hbond substituents is 1. The molecule has 2 fully saturated rings. The van der Waals surface area contributed by atoms with E-state index in [2.05, 4.69) is 6.92 Å². The van der Waals surface area contributed by atoms with E-state index in [-0.39, 0.29) is 23.5 Å². The zero-order chi connectivity index (χ0) is 21.7. The van der Waals surface area contributed by atoms with Crippen LogP contribution in [0.4, 0.5) is 0 Å². The molecule has 1 aromatic rings. The van der Waals surface area contributed by atoms with E-state index >= 15 is 0 Å². The Morgan fingerprint density at radius 1 is 1.23 bits per heavy atom. The zero-order valence-corrected chi connectivity index (χ0v) is 18.2. The maximum absolute atomic E-state index is 12.8. The number of nitrogens with one attached hydrogen (secondary N) is 1. The van der Waals surface area contributed by atoms with Crippen molar-refractivity contribution in [2.75, 3.05) is 33.3 Å². The number of nitrogens with zero attached hydrogens (tertiary/aromatic N) is 1. The van der Waals surface area contributed by atoms with E-state index in [1.54, 1.807) is 13.2 Å². The van der Waals surface area contributed by atoms with E-state index in [1.807, 2.05) is 17.0 Å². The molecule has 0 aliphatic carbocycles. The minimum absolute atomic E-state index is 0.0846. The average Bonchev–Trinajstić information content (AvgIpc) is 2.76. The normalized spacial score (nSPS) is 25.1. The minimum atomic E-state index is -0.244. The van der Waals surface area contributed by atoms with Gasteiger partial charge < -0.3 is 25.4 Å². The number of hydrogen-bond donors (Lipinski definition) is 3. The fourth-order valence-corrected chi connectivity index (χ4v) is 5.03. The van der Waals surface area contributed by atoms with E-state index < -0.39 is 0 Å². The van der Waals surface area contributed by atoms with Crippen molar-refractivity contribution >= 4 is 11.8 Å². The van der Waals surface area contributed by atoms with E-state index in [4.69, 9.17) is 10.5 Å². The molecule has 4 N–H and O–H groups in total. The monoisotopic (exact) mass is 418 g/mol. The lowest BCUT2D eigenvalue weighted by atomic mass is 9.81. The van der Waals surface area contributed by atoms with E-state index in [9.17, 15) is 14.7 Å². The van der Waals surface area contributed by atoms with E-state index in [1.165, 1.54) is 4.90 Å². The highest BCUT2D eigenvalue weighted by Crippen LogP contribution is 2.27. The molecule has 2 saturated heterocycles. The molecule has 166 valence electrons. The lowest BCUT2D eigenvalue weighted by Crippen LogP contribution is -3.12. The number of nitrogens with two attached hydrogens (primary N) is 1. The van der Waals surface area contributed by atoms with Gasteiger partial charge in [-0.05, 0) is 37.3 Å². The van der Waals surface area contributed by atoms with Gasteiger partial charge in [-0.1, -0.05) is 6.92 Å². The molecule has 7 nitrogen and oxygen atoms in total. The van der Waals surface area contributed by atoms with Crippen molar-refractivity contribution in [3.05, 3.63) is 23.8 Å². The Morgan fingerprint density at radius 3 is 2.57 bits per heavy atom. The molecule has 2 aliphatic rings. The largest absolute Gasteiger partial charge is 0.507 e. The summed E-state index contributed by atoms with van der Waals surface area (Å²) in [6.45, 7) is 6.30. The smallest absolute Gasteiger partial charge is 0.222 e. The second-order valence-corrected chi connectivity index (χ2v) is 8.85. The van der Waals surface area contributed by atoms with Crippen LogP contribution in [-0.2, 0) is 16.1 Å². The SMILES string of the molecule is CC[C@H]1C[NH+](Cc2ccc(OC)cc2O)CC[C@H]1CC(=O)N1CCC(C(N)=O)CC1. The van der Waals surface area contributed by atoms with Crippen LogP contribution in [0.2, 0.25) is 0 Å². The van der Waals surface area contributed by atoms with E-state index in [0.29, 0.717) is 49.9 Å². The molecular weight excluding hydrogens is 382 g/mol. The summed E-state index contributed by atoms with van der Waals surface area (Å²) in [5.74, 6) is 1.75. The first-order valence-corrected chi connectivity index (χ1v) is 11.2. The van der Waals surface area contributed by atoms with Gasteiger partial charge >= 0.3 is 0 Å². The van der Waals surface area contributed by atoms with Crippen molar-refractivity contribution in [1.29, 1.82) is 0 Å². The highest BCUT2D eigenvalue weighted by Gasteiger charge is 2.34. The second kappa shape index (κ2) is 10.2. The van der Waals surface area contributed by atoms with Crippen LogP contribution >= 0.6 is 0 Å². The summed E-state index contributed by atoms with van der Waals surface area (Å²) in [6.07, 6.45) is 4.05. The Kier molecular flexibility index (Phi) is 7.58. The Bertz CT molecular complexity index is 746. The minimum Gasteiger partial charge on any atom is -0.507 e. The van der Waals surface area contributed by atoms with Crippen molar-refractivity contribution in [3.63, 3.8) is 0 Å². The fraction of sp³-hybridized carbons (Fsp3) is 0.652. The molecule has 0 radical (unpaired) electrons. The number of hydrogen-bond acceptors (Lipinski definition) is 4. The first-order chi connectivity index (χ1) is 14.4. The summed E-state index contributed by atoms with van der Waals surface area (Å²) in [4.78, 5) is 27.5. The number of likely N-dealkylation sites (tertiary alicyclic amines) is 2. The van der Waals surface area contributed by atoms with Crippen LogP contribution in [0.15, 0.2) is 18.2 Å². The fourth-order valence-electron chi connectivity index (χ4n) is 5.03. The molecule has 0 spiro atoms. The third kappa shape index (κ3) is 5.45. The molecule has 2 aliphatic heterocycles. The number of amides is 2. The highest BCUT2D eigenvalue weighted by molar-refractivity contribution is 5.79. The highest BCUT2D eigenvalue weighted by atomic mass is 16.5. The van der Waals surface area contributed by atoms with Crippen molar-refractivity contribution < 1.29 is 24.3 Å². The summed E-state index contributed by atoms with van der Waals surface area (Å²) >= 11 is 0. The Hall–Kier alpha value is -2.28. The van der Waals surface area contributed by atoms with Gasteiger partial charge in [0.1, 0.15) is 18.0 Å². The molecule has 0 saturated carbocycles. The van der Waals surface area contributed by atoms with Gasteiger partial charge in [0.05, 0.1) is 20.2 Å². The quantitative estimate of drug-likeness (QED) is 0.614. The Balaban J connectivity index is 1.52. The predicted octanol–water partition coefficient (Wildman–Crippen LogP) is 0.946. The topological polar surface area (TPSA) is 97.3 Å². The van der Waals surface area contributed by atoms with E-state index in [0.717, 1.165) is 38.0 Å². The number of quaternary nitrogens is 1. The molecule has 30 heavy (non-hydrogen) atoms. The molecule has 3 rings (SSSR count). The van der Waals surface area contributed by atoms with Gasteiger partial charge in [0.25, 0.3) is 0 Å². The first-order valence-electron chi connectivity index (χ1n) is 11.2. The molecule has 0 aromatic heterocycles. The zero-order valence-electron chi connectivity index (χ0n) is 18.2. The van der Waals surface area contributed by atoms with Gasteiger partial charge in [-0.3, -0.25) is 9.59 Å². The lowest BCUT2D eigenvalue weighted by molar-refractivity contribution is -0.923. The summed E-state index contributed by atoms with van der Waals surface area (Å²) in [5.41, 5.74) is 6.34. The van der Waals surface area contributed by atoms with Crippen molar-refractivity contribution in [3.8, 4) is 11.5 Å². The van der Waals surface area contributed by atoms with Gasteiger partial charge in [-0.15, -0.1) is 0 Å². The number of primary amides is 1. The number of methoxy groups -OCH3 is 1. The van der Waals surface area contributed by atoms with Crippen LogP contribution in [0.25, 0.3) is 0 Å². The van der Waals surface area contributed by atoms with Gasteiger partial charge in [-0.25, -0.2) is 0 Å². The Morgan fingerprint density at radius 2 is 1.97 bits per heavy atom. The number of rotatable bonds is 7. The maximum Gasteiger partial charge on any atom is 0.222 e. The van der Waals surface area contributed by atoms with Gasteiger partial charge in [0.2, 0.25) is 11.8 Å². The molecule has 0 bridgehead atoms. The van der Waals surface area contributed by atoms with Crippen molar-refractivity contribution in [2.24, 2.45) is 23.5 Å². The molecule has 7 heteroatoms. The van der Waals surface area contributed by atoms with Crippen LogP contribution in [-0.4, -0.2) is 55.1 Å².